The first-order chi connectivity index (χ1) is 15.4. The van der Waals surface area contributed by atoms with Gasteiger partial charge in [0.2, 0.25) is 0 Å². The molecule has 1 amide bonds. The molecule has 0 spiro atoms. The maximum absolute atomic E-state index is 13.5. The summed E-state index contributed by atoms with van der Waals surface area (Å²) < 4.78 is 6.20. The molecule has 1 heterocycles. The molecule has 0 radical (unpaired) electrons. The Morgan fingerprint density at radius 3 is 2.38 bits per heavy atom. The number of carbonyl (C=O) groups is 2. The number of morpholine rings is 1. The molecule has 2 aromatic rings. The van der Waals surface area contributed by atoms with Crippen LogP contribution in [0.1, 0.15) is 61.8 Å². The summed E-state index contributed by atoms with van der Waals surface area (Å²) in [5.74, 6) is -0.932. The van der Waals surface area contributed by atoms with Crippen LogP contribution in [0, 0.1) is 5.92 Å². The average Bonchev–Trinajstić information content (AvgIpc) is 2.77. The lowest BCUT2D eigenvalue weighted by atomic mass is 9.86. The highest BCUT2D eigenvalue weighted by molar-refractivity contribution is 6.30. The molecule has 0 unspecified atom stereocenters. The lowest BCUT2D eigenvalue weighted by Crippen LogP contribution is -2.52. The molecule has 0 aromatic heterocycles. The van der Waals surface area contributed by atoms with Crippen molar-refractivity contribution in [1.29, 1.82) is 0 Å². The molecule has 1 saturated carbocycles. The highest BCUT2D eigenvalue weighted by Gasteiger charge is 2.45. The number of carboxylic acids is 1. The zero-order valence-corrected chi connectivity index (χ0v) is 19.3. The van der Waals surface area contributed by atoms with E-state index in [0.29, 0.717) is 22.5 Å². The molecule has 1 saturated heterocycles. The van der Waals surface area contributed by atoms with Crippen LogP contribution in [0.5, 0.6) is 0 Å². The minimum atomic E-state index is -1.06. The molecule has 5 nitrogen and oxygen atoms in total. The van der Waals surface area contributed by atoms with Crippen LogP contribution < -0.4 is 0 Å². The number of hydrogen-bond acceptors (Lipinski definition) is 3. The van der Waals surface area contributed by atoms with E-state index in [1.807, 2.05) is 35.2 Å². The summed E-state index contributed by atoms with van der Waals surface area (Å²) in [4.78, 5) is 26.9. The van der Waals surface area contributed by atoms with E-state index in [0.717, 1.165) is 36.8 Å². The van der Waals surface area contributed by atoms with Crippen molar-refractivity contribution in [3.63, 3.8) is 0 Å². The van der Waals surface area contributed by atoms with Gasteiger partial charge in [-0.15, -0.1) is 0 Å². The quantitative estimate of drug-likeness (QED) is 0.551. The molecule has 32 heavy (non-hydrogen) atoms. The van der Waals surface area contributed by atoms with Crippen molar-refractivity contribution in [2.24, 2.45) is 5.92 Å². The zero-order chi connectivity index (χ0) is 22.7. The van der Waals surface area contributed by atoms with Crippen LogP contribution in [-0.4, -0.2) is 34.5 Å². The van der Waals surface area contributed by atoms with Gasteiger partial charge in [-0.1, -0.05) is 66.7 Å². The second-order valence-electron chi connectivity index (χ2n) is 8.69. The second kappa shape index (κ2) is 10.2. The van der Waals surface area contributed by atoms with E-state index >= 15 is 0 Å². The van der Waals surface area contributed by atoms with Crippen LogP contribution in [0.3, 0.4) is 0 Å². The van der Waals surface area contributed by atoms with E-state index in [4.69, 9.17) is 27.9 Å². The Morgan fingerprint density at radius 2 is 1.72 bits per heavy atom. The molecule has 2 aliphatic rings. The van der Waals surface area contributed by atoms with Crippen LogP contribution in [0.15, 0.2) is 48.5 Å². The fourth-order valence-corrected chi connectivity index (χ4v) is 5.22. The minimum Gasteiger partial charge on any atom is -0.481 e. The number of amides is 1. The van der Waals surface area contributed by atoms with Crippen molar-refractivity contribution in [3.8, 4) is 0 Å². The van der Waals surface area contributed by atoms with Crippen LogP contribution in [0.4, 0.5) is 0 Å². The number of hydrogen-bond donors (Lipinski definition) is 1. The molecule has 1 aliphatic heterocycles. The molecule has 4 rings (SSSR count). The van der Waals surface area contributed by atoms with Crippen molar-refractivity contribution in [3.05, 3.63) is 69.7 Å². The van der Waals surface area contributed by atoms with Crippen LogP contribution in [-0.2, 0) is 14.3 Å². The lowest BCUT2D eigenvalue weighted by molar-refractivity contribution is -0.180. The fraction of sp³-hybridized carbons (Fsp3) is 0.440. The molecular weight excluding hydrogens is 449 g/mol. The van der Waals surface area contributed by atoms with Crippen LogP contribution >= 0.6 is 23.2 Å². The molecule has 170 valence electrons. The highest BCUT2D eigenvalue weighted by atomic mass is 35.5. The normalized spacial score (nSPS) is 24.5. The summed E-state index contributed by atoms with van der Waals surface area (Å²) in [6.07, 6.45) is 3.73. The van der Waals surface area contributed by atoms with Gasteiger partial charge >= 0.3 is 5.97 Å². The number of halogens is 2. The number of nitrogens with zero attached hydrogens (tertiary/aromatic N) is 1. The predicted octanol–water partition coefficient (Wildman–Crippen LogP) is 6.06. The average molecular weight is 476 g/mol. The van der Waals surface area contributed by atoms with Gasteiger partial charge in [0.15, 0.2) is 0 Å². The minimum absolute atomic E-state index is 0.267. The Labute approximate surface area is 198 Å². The Bertz CT molecular complexity index is 959. The Balaban J connectivity index is 1.77. The third kappa shape index (κ3) is 5.28. The third-order valence-corrected chi connectivity index (χ3v) is 6.91. The van der Waals surface area contributed by atoms with Crippen molar-refractivity contribution < 1.29 is 19.4 Å². The monoisotopic (exact) mass is 475 g/mol. The van der Waals surface area contributed by atoms with E-state index in [9.17, 15) is 14.7 Å². The maximum atomic E-state index is 13.5. The number of rotatable bonds is 6. The first-order valence-corrected chi connectivity index (χ1v) is 11.9. The van der Waals surface area contributed by atoms with Gasteiger partial charge in [-0.05, 0) is 54.2 Å². The molecule has 3 atom stereocenters. The van der Waals surface area contributed by atoms with Gasteiger partial charge in [0.05, 0.1) is 12.5 Å². The molecule has 1 aliphatic carbocycles. The smallest absolute Gasteiger partial charge is 0.306 e. The van der Waals surface area contributed by atoms with Gasteiger partial charge in [0, 0.05) is 16.6 Å². The van der Waals surface area contributed by atoms with Gasteiger partial charge in [0.1, 0.15) is 12.2 Å². The van der Waals surface area contributed by atoms with Crippen molar-refractivity contribution in [2.75, 3.05) is 6.54 Å². The zero-order valence-electron chi connectivity index (χ0n) is 17.8. The maximum Gasteiger partial charge on any atom is 0.306 e. The summed E-state index contributed by atoms with van der Waals surface area (Å²) in [5.41, 5.74) is 1.71. The number of carbonyl (C=O) groups excluding carboxylic acids is 1. The van der Waals surface area contributed by atoms with Crippen molar-refractivity contribution in [2.45, 2.75) is 56.8 Å². The summed E-state index contributed by atoms with van der Waals surface area (Å²) in [6.45, 7) is 0.586. The van der Waals surface area contributed by atoms with Gasteiger partial charge in [-0.2, -0.15) is 0 Å². The summed E-state index contributed by atoms with van der Waals surface area (Å²) in [5, 5.41) is 10.6. The largest absolute Gasteiger partial charge is 0.481 e. The van der Waals surface area contributed by atoms with Gasteiger partial charge in [-0.25, -0.2) is 0 Å². The first kappa shape index (κ1) is 23.1. The lowest BCUT2D eigenvalue weighted by Gasteiger charge is -2.46. The van der Waals surface area contributed by atoms with Crippen molar-refractivity contribution in [1.82, 2.24) is 4.90 Å². The summed E-state index contributed by atoms with van der Waals surface area (Å²) in [7, 11) is 0. The molecule has 2 fully saturated rings. The van der Waals surface area contributed by atoms with E-state index < -0.39 is 24.2 Å². The molecule has 7 heteroatoms. The predicted molar refractivity (Wildman–Crippen MR) is 124 cm³/mol. The van der Waals surface area contributed by atoms with E-state index in [2.05, 4.69) is 0 Å². The van der Waals surface area contributed by atoms with Crippen LogP contribution in [0.25, 0.3) is 0 Å². The summed E-state index contributed by atoms with van der Waals surface area (Å²) >= 11 is 12.4. The summed E-state index contributed by atoms with van der Waals surface area (Å²) in [6, 6.07) is 14.4. The van der Waals surface area contributed by atoms with Gasteiger partial charge in [0.25, 0.3) is 5.91 Å². The van der Waals surface area contributed by atoms with Gasteiger partial charge < -0.3 is 14.7 Å². The highest BCUT2D eigenvalue weighted by Crippen LogP contribution is 2.44. The fourth-order valence-electron chi connectivity index (χ4n) is 4.90. The first-order valence-electron chi connectivity index (χ1n) is 11.1. The molecule has 0 bridgehead atoms. The third-order valence-electron chi connectivity index (χ3n) is 6.42. The molecular formula is C25H27Cl2NO4. The number of aliphatic carboxylic acids is 1. The number of ether oxygens (including phenoxy) is 1. The second-order valence-corrected chi connectivity index (χ2v) is 9.56. The Morgan fingerprint density at radius 1 is 1.00 bits per heavy atom. The van der Waals surface area contributed by atoms with E-state index in [-0.39, 0.29) is 12.3 Å². The molecule has 1 N–H and O–H groups in total. The number of carboxylic acid groups (broad SMARTS) is 1. The Kier molecular flexibility index (Phi) is 7.39. The van der Waals surface area contributed by atoms with Crippen LogP contribution in [0.2, 0.25) is 10.0 Å². The van der Waals surface area contributed by atoms with E-state index in [1.54, 1.807) is 18.2 Å². The van der Waals surface area contributed by atoms with E-state index in [1.165, 1.54) is 6.42 Å². The standard InChI is InChI=1S/C25H27Cl2NO4/c26-19-11-9-17(10-12-19)23-24(18-7-4-8-20(27)13-18)32-21(14-22(29)30)25(31)28(23)15-16-5-2-1-3-6-16/h4,7-13,16,21,23-24H,1-3,5-6,14-15H2,(H,29,30)/t21-,23+,24-/m1/s1. The van der Waals surface area contributed by atoms with Crippen molar-refractivity contribution >= 4 is 35.1 Å². The van der Waals surface area contributed by atoms with Gasteiger partial charge in [-0.3, -0.25) is 9.59 Å². The molecule has 2 aromatic carbocycles. The topological polar surface area (TPSA) is 66.8 Å². The number of benzene rings is 2. The Hall–Kier alpha value is -2.08. The SMILES string of the molecule is O=C(O)C[C@H]1O[C@H](c2cccc(Cl)c2)[C@H](c2ccc(Cl)cc2)N(CC2CCCCC2)C1=O.